The molecule has 6 rings (SSSR count). The highest BCUT2D eigenvalue weighted by atomic mass is 32.2. The van der Waals surface area contributed by atoms with Crippen LogP contribution in [0.5, 0.6) is 0 Å². The van der Waals surface area contributed by atoms with Crippen LogP contribution in [0.1, 0.15) is 60.5 Å². The number of rotatable bonds is 12. The number of fused-ring (bicyclic) bond motifs is 1. The minimum absolute atomic E-state index is 0.0408. The normalized spacial score (nSPS) is 11.6. The van der Waals surface area contributed by atoms with Gasteiger partial charge >= 0.3 is 0 Å². The third kappa shape index (κ3) is 6.37. The summed E-state index contributed by atoms with van der Waals surface area (Å²) in [5, 5.41) is 5.06. The minimum Gasteiger partial charge on any atom is -0.292 e. The Kier molecular flexibility index (Phi) is 9.12. The van der Waals surface area contributed by atoms with E-state index in [1.165, 1.54) is 6.07 Å². The van der Waals surface area contributed by atoms with Crippen molar-refractivity contribution in [3.63, 3.8) is 0 Å². The first kappa shape index (κ1) is 31.0. The summed E-state index contributed by atoms with van der Waals surface area (Å²) in [4.78, 5) is 17.9. The van der Waals surface area contributed by atoms with Crippen LogP contribution in [0.3, 0.4) is 0 Å². The third-order valence-electron chi connectivity index (χ3n) is 8.03. The molecule has 0 radical (unpaired) electrons. The van der Waals surface area contributed by atoms with E-state index < -0.39 is 15.9 Å². The van der Waals surface area contributed by atoms with E-state index in [0.29, 0.717) is 12.1 Å². The maximum absolute atomic E-state index is 13.4. The van der Waals surface area contributed by atoms with Gasteiger partial charge in [0.25, 0.3) is 15.9 Å². The number of aromatic nitrogens is 4. The average molecular weight is 632 g/mol. The van der Waals surface area contributed by atoms with Gasteiger partial charge in [0, 0.05) is 23.1 Å². The number of carbonyl (C=O) groups excluding carboxylic acids is 1. The lowest BCUT2D eigenvalue weighted by Crippen LogP contribution is -2.30. The van der Waals surface area contributed by atoms with Crippen molar-refractivity contribution in [1.82, 2.24) is 23.9 Å². The number of amides is 1. The molecule has 2 aromatic heterocycles. The van der Waals surface area contributed by atoms with Crippen LogP contribution in [0.25, 0.3) is 28.2 Å². The summed E-state index contributed by atoms with van der Waals surface area (Å²) in [6.07, 6.45) is 4.82. The molecular formula is C37H37N5O3S. The van der Waals surface area contributed by atoms with E-state index in [1.807, 2.05) is 47.0 Å². The van der Waals surface area contributed by atoms with E-state index in [4.69, 9.17) is 10.1 Å². The molecule has 0 bridgehead atoms. The van der Waals surface area contributed by atoms with Gasteiger partial charge in [-0.1, -0.05) is 111 Å². The summed E-state index contributed by atoms with van der Waals surface area (Å²) in [6.45, 7) is 4.92. The van der Waals surface area contributed by atoms with Crippen molar-refractivity contribution in [2.24, 2.45) is 0 Å². The quantitative estimate of drug-likeness (QED) is 0.153. The SMILES string of the molecule is CCCCc1c(-c2ccccc2)nc2n(Cc3ccc(-c4ccccc4S(=O)(=O)NC(=O)c4ccccc4)cc3)c(CCC)nn12. The van der Waals surface area contributed by atoms with E-state index in [2.05, 4.69) is 35.3 Å². The number of hydrogen-bond donors (Lipinski definition) is 1. The first-order valence-electron chi connectivity index (χ1n) is 15.7. The Balaban J connectivity index is 1.32. The van der Waals surface area contributed by atoms with E-state index in [9.17, 15) is 13.2 Å². The van der Waals surface area contributed by atoms with Gasteiger partial charge in [-0.15, -0.1) is 0 Å². The van der Waals surface area contributed by atoms with Gasteiger partial charge in [-0.05, 0) is 48.6 Å². The van der Waals surface area contributed by atoms with Crippen LogP contribution in [0, 0.1) is 0 Å². The lowest BCUT2D eigenvalue weighted by molar-refractivity contribution is 0.0981. The number of sulfonamides is 1. The van der Waals surface area contributed by atoms with Gasteiger partial charge in [0.05, 0.1) is 22.8 Å². The molecule has 9 heteroatoms. The number of nitrogens with zero attached hydrogens (tertiary/aromatic N) is 4. The van der Waals surface area contributed by atoms with Crippen LogP contribution in [-0.2, 0) is 29.4 Å². The summed E-state index contributed by atoms with van der Waals surface area (Å²) in [5.74, 6) is 1.13. The van der Waals surface area contributed by atoms with Crippen LogP contribution < -0.4 is 4.72 Å². The first-order chi connectivity index (χ1) is 22.4. The zero-order valence-corrected chi connectivity index (χ0v) is 26.9. The van der Waals surface area contributed by atoms with Crippen molar-refractivity contribution in [2.75, 3.05) is 0 Å². The van der Waals surface area contributed by atoms with E-state index in [-0.39, 0.29) is 10.5 Å². The second-order valence-corrected chi connectivity index (χ2v) is 13.0. The van der Waals surface area contributed by atoms with Gasteiger partial charge in [-0.2, -0.15) is 5.10 Å². The molecule has 2 heterocycles. The van der Waals surface area contributed by atoms with Crippen molar-refractivity contribution in [3.8, 4) is 22.4 Å². The average Bonchev–Trinajstić information content (AvgIpc) is 3.60. The predicted octanol–water partition coefficient (Wildman–Crippen LogP) is 7.33. The zero-order valence-electron chi connectivity index (χ0n) is 26.1. The lowest BCUT2D eigenvalue weighted by atomic mass is 10.0. The summed E-state index contributed by atoms with van der Waals surface area (Å²) in [6, 6.07) is 33.2. The highest BCUT2D eigenvalue weighted by Crippen LogP contribution is 2.30. The van der Waals surface area contributed by atoms with Gasteiger partial charge in [0.2, 0.25) is 5.78 Å². The molecule has 0 aliphatic carbocycles. The molecule has 0 saturated heterocycles. The Hall–Kier alpha value is -5.02. The monoisotopic (exact) mass is 631 g/mol. The van der Waals surface area contributed by atoms with Gasteiger partial charge < -0.3 is 0 Å². The molecule has 0 fully saturated rings. The highest BCUT2D eigenvalue weighted by molar-refractivity contribution is 7.90. The molecular weight excluding hydrogens is 595 g/mol. The fraction of sp³-hybridized carbons (Fsp3) is 0.216. The number of unbranched alkanes of at least 4 members (excludes halogenated alkanes) is 1. The molecule has 0 aliphatic heterocycles. The van der Waals surface area contributed by atoms with Crippen molar-refractivity contribution in [1.29, 1.82) is 0 Å². The molecule has 1 N–H and O–H groups in total. The van der Waals surface area contributed by atoms with Crippen LogP contribution in [0.15, 0.2) is 114 Å². The van der Waals surface area contributed by atoms with E-state index in [1.54, 1.807) is 48.5 Å². The fourth-order valence-electron chi connectivity index (χ4n) is 5.70. The first-order valence-corrected chi connectivity index (χ1v) is 17.2. The van der Waals surface area contributed by atoms with Gasteiger partial charge in [-0.3, -0.25) is 9.36 Å². The summed E-state index contributed by atoms with van der Waals surface area (Å²) in [7, 11) is -4.13. The molecule has 8 nitrogen and oxygen atoms in total. The van der Waals surface area contributed by atoms with Crippen LogP contribution in [-0.4, -0.2) is 33.5 Å². The predicted molar refractivity (Wildman–Crippen MR) is 181 cm³/mol. The van der Waals surface area contributed by atoms with Gasteiger partial charge in [-0.25, -0.2) is 22.6 Å². The maximum atomic E-state index is 13.4. The van der Waals surface area contributed by atoms with Crippen molar-refractivity contribution >= 4 is 21.7 Å². The largest absolute Gasteiger partial charge is 0.292 e. The summed E-state index contributed by atoms with van der Waals surface area (Å²) < 4.78 is 33.2. The van der Waals surface area contributed by atoms with Crippen LogP contribution in [0.2, 0.25) is 0 Å². The second-order valence-electron chi connectivity index (χ2n) is 11.3. The highest BCUT2D eigenvalue weighted by Gasteiger charge is 2.23. The molecule has 0 saturated carbocycles. The Morgan fingerprint density at radius 2 is 1.43 bits per heavy atom. The lowest BCUT2D eigenvalue weighted by Gasteiger charge is -2.13. The Labute approximate surface area is 269 Å². The number of aryl methyl sites for hydroxylation is 2. The number of hydrogen-bond acceptors (Lipinski definition) is 5. The summed E-state index contributed by atoms with van der Waals surface area (Å²) in [5.41, 5.74) is 5.75. The summed E-state index contributed by atoms with van der Waals surface area (Å²) >= 11 is 0. The number of carbonyl (C=O) groups is 1. The third-order valence-corrected chi connectivity index (χ3v) is 9.42. The molecule has 4 aromatic carbocycles. The Morgan fingerprint density at radius 3 is 2.13 bits per heavy atom. The fourth-order valence-corrected chi connectivity index (χ4v) is 6.91. The number of nitrogens with one attached hydrogen (secondary N) is 1. The van der Waals surface area contributed by atoms with Crippen molar-refractivity contribution in [3.05, 3.63) is 132 Å². The molecule has 1 amide bonds. The topological polar surface area (TPSA) is 98.4 Å². The Bertz CT molecular complexity index is 2070. The molecule has 234 valence electrons. The van der Waals surface area contributed by atoms with Crippen LogP contribution in [0.4, 0.5) is 0 Å². The van der Waals surface area contributed by atoms with Crippen molar-refractivity contribution in [2.45, 2.75) is 57.4 Å². The van der Waals surface area contributed by atoms with Crippen molar-refractivity contribution < 1.29 is 13.2 Å². The van der Waals surface area contributed by atoms with Crippen LogP contribution >= 0.6 is 0 Å². The molecule has 0 atom stereocenters. The van der Waals surface area contributed by atoms with E-state index >= 15 is 0 Å². The minimum atomic E-state index is -4.13. The maximum Gasteiger partial charge on any atom is 0.264 e. The molecule has 0 spiro atoms. The molecule has 0 aliphatic rings. The smallest absolute Gasteiger partial charge is 0.264 e. The van der Waals surface area contributed by atoms with Gasteiger partial charge in [0.15, 0.2) is 0 Å². The molecule has 0 unspecified atom stereocenters. The standard InChI is InChI=1S/C37H37N5O3S/c1-3-5-20-32-35(29-15-8-6-9-16-29)38-37-41(34(14-4-2)39-42(32)37)26-27-22-24-28(25-23-27)31-19-12-13-21-33(31)46(44,45)40-36(43)30-17-10-7-11-18-30/h6-13,15-19,21-25H,3-5,14,20,26H2,1-2H3,(H,40,43). The molecule has 46 heavy (non-hydrogen) atoms. The second kappa shape index (κ2) is 13.5. The molecule has 6 aromatic rings. The van der Waals surface area contributed by atoms with E-state index in [0.717, 1.165) is 71.8 Å². The Morgan fingerprint density at radius 1 is 0.761 bits per heavy atom. The zero-order chi connectivity index (χ0) is 32.1. The van der Waals surface area contributed by atoms with Gasteiger partial charge in [0.1, 0.15) is 5.82 Å². The number of imidazole rings is 1. The number of benzene rings is 4.